The van der Waals surface area contributed by atoms with E-state index < -0.39 is 0 Å². The van der Waals surface area contributed by atoms with E-state index in [0.29, 0.717) is 0 Å². The highest BCUT2D eigenvalue weighted by atomic mass is 16.3. The van der Waals surface area contributed by atoms with Gasteiger partial charge in [0.15, 0.2) is 5.82 Å². The second-order valence-corrected chi connectivity index (χ2v) is 7.82. The van der Waals surface area contributed by atoms with Crippen molar-refractivity contribution >= 4 is 17.3 Å². The zero-order valence-electron chi connectivity index (χ0n) is 17.5. The molecule has 1 aromatic carbocycles. The maximum absolute atomic E-state index is 9.31. The lowest BCUT2D eigenvalue weighted by Gasteiger charge is -2.32. The summed E-state index contributed by atoms with van der Waals surface area (Å²) in [7, 11) is 2.06. The molecular formula is C22H34N4O. The highest BCUT2D eigenvalue weighted by Gasteiger charge is 2.29. The predicted molar refractivity (Wildman–Crippen MR) is 113 cm³/mol. The number of aryl methyl sites for hydroxylation is 4. The largest absolute Gasteiger partial charge is 0.396 e. The van der Waals surface area contributed by atoms with E-state index in [1.165, 1.54) is 33.8 Å². The number of hydrogen-bond donors (Lipinski definition) is 1. The van der Waals surface area contributed by atoms with Gasteiger partial charge in [0.1, 0.15) is 5.82 Å². The van der Waals surface area contributed by atoms with Crippen molar-refractivity contribution in [2.75, 3.05) is 36.0 Å². The van der Waals surface area contributed by atoms with Crippen molar-refractivity contribution in [3.05, 3.63) is 34.4 Å². The van der Waals surface area contributed by atoms with E-state index in [-0.39, 0.29) is 6.61 Å². The van der Waals surface area contributed by atoms with E-state index in [1.54, 1.807) is 0 Å². The molecule has 5 heteroatoms. The molecule has 3 rings (SSSR count). The van der Waals surface area contributed by atoms with Crippen LogP contribution in [-0.2, 0) is 13.5 Å². The minimum Gasteiger partial charge on any atom is -0.396 e. The summed E-state index contributed by atoms with van der Waals surface area (Å²) in [4.78, 5) is 4.82. The first-order valence-corrected chi connectivity index (χ1v) is 10.2. The van der Waals surface area contributed by atoms with Gasteiger partial charge in [0.25, 0.3) is 0 Å². The standard InChI is InChI=1S/C22H34N4O/c1-6-10-25(11-8-13-27)22-19-9-7-12-26(21(19)23-24(22)5)20-17(3)14-16(2)15-18(20)4/h14-15,27H,6-13H2,1-5H3. The molecule has 0 atom stereocenters. The Balaban J connectivity index is 2.05. The number of anilines is 3. The molecule has 0 amide bonds. The molecule has 2 aromatic rings. The molecule has 0 unspecified atom stereocenters. The lowest BCUT2D eigenvalue weighted by atomic mass is 10.00. The number of benzene rings is 1. The fourth-order valence-electron chi connectivity index (χ4n) is 4.57. The van der Waals surface area contributed by atoms with Gasteiger partial charge in [-0.05, 0) is 57.6 Å². The zero-order valence-corrected chi connectivity index (χ0v) is 17.5. The Morgan fingerprint density at radius 2 is 1.85 bits per heavy atom. The number of nitrogens with zero attached hydrogens (tertiary/aromatic N) is 4. The van der Waals surface area contributed by atoms with Crippen LogP contribution >= 0.6 is 0 Å². The molecule has 0 radical (unpaired) electrons. The van der Waals surface area contributed by atoms with Crippen molar-refractivity contribution in [3.8, 4) is 0 Å². The molecule has 2 heterocycles. The zero-order chi connectivity index (χ0) is 19.6. The molecule has 0 saturated heterocycles. The van der Waals surface area contributed by atoms with Crippen molar-refractivity contribution in [1.29, 1.82) is 0 Å². The van der Waals surface area contributed by atoms with Gasteiger partial charge in [-0.15, -0.1) is 0 Å². The van der Waals surface area contributed by atoms with E-state index in [1.807, 2.05) is 0 Å². The van der Waals surface area contributed by atoms with Crippen LogP contribution in [-0.4, -0.2) is 41.1 Å². The molecule has 0 fully saturated rings. The fraction of sp³-hybridized carbons (Fsp3) is 0.591. The summed E-state index contributed by atoms with van der Waals surface area (Å²) in [6, 6.07) is 4.54. The quantitative estimate of drug-likeness (QED) is 0.799. The van der Waals surface area contributed by atoms with Gasteiger partial charge >= 0.3 is 0 Å². The summed E-state index contributed by atoms with van der Waals surface area (Å²) in [5.74, 6) is 2.34. The molecule has 0 saturated carbocycles. The van der Waals surface area contributed by atoms with E-state index in [0.717, 1.165) is 51.1 Å². The fourth-order valence-corrected chi connectivity index (χ4v) is 4.57. The highest BCUT2D eigenvalue weighted by Crippen LogP contribution is 2.40. The number of aromatic nitrogens is 2. The molecule has 27 heavy (non-hydrogen) atoms. The van der Waals surface area contributed by atoms with Gasteiger partial charge in [0.2, 0.25) is 0 Å². The molecule has 0 aliphatic carbocycles. The highest BCUT2D eigenvalue weighted by molar-refractivity contribution is 5.74. The minimum absolute atomic E-state index is 0.230. The number of hydrogen-bond acceptors (Lipinski definition) is 4. The van der Waals surface area contributed by atoms with Crippen LogP contribution in [0.3, 0.4) is 0 Å². The summed E-state index contributed by atoms with van der Waals surface area (Å²) < 4.78 is 2.05. The lowest BCUT2D eigenvalue weighted by molar-refractivity contribution is 0.289. The average molecular weight is 371 g/mol. The second-order valence-electron chi connectivity index (χ2n) is 7.82. The summed E-state index contributed by atoms with van der Waals surface area (Å²) in [5.41, 5.74) is 6.61. The first-order chi connectivity index (χ1) is 13.0. The van der Waals surface area contributed by atoms with Gasteiger partial charge in [-0.1, -0.05) is 24.6 Å². The number of aliphatic hydroxyl groups excluding tert-OH is 1. The number of aliphatic hydroxyl groups is 1. The van der Waals surface area contributed by atoms with Crippen molar-refractivity contribution in [2.24, 2.45) is 7.05 Å². The third-order valence-corrected chi connectivity index (χ3v) is 5.44. The van der Waals surface area contributed by atoms with Gasteiger partial charge in [-0.2, -0.15) is 5.10 Å². The number of rotatable bonds is 7. The minimum atomic E-state index is 0.230. The molecule has 1 aliphatic heterocycles. The average Bonchev–Trinajstić information content (AvgIpc) is 2.94. The normalized spacial score (nSPS) is 13.8. The Labute approximate surface area is 163 Å². The van der Waals surface area contributed by atoms with Crippen molar-refractivity contribution in [2.45, 2.75) is 53.4 Å². The summed E-state index contributed by atoms with van der Waals surface area (Å²) >= 11 is 0. The van der Waals surface area contributed by atoms with E-state index >= 15 is 0 Å². The van der Waals surface area contributed by atoms with Crippen LogP contribution in [0.2, 0.25) is 0 Å². The molecular weight excluding hydrogens is 336 g/mol. The molecule has 1 aliphatic rings. The van der Waals surface area contributed by atoms with Crippen LogP contribution < -0.4 is 9.80 Å². The summed E-state index contributed by atoms with van der Waals surface area (Å²) in [6.45, 7) is 11.9. The SMILES string of the molecule is CCCN(CCCO)c1c2c(nn1C)N(c1c(C)cc(C)cc1C)CCC2. The van der Waals surface area contributed by atoms with E-state index in [2.05, 4.69) is 61.4 Å². The van der Waals surface area contributed by atoms with Crippen LogP contribution in [0.4, 0.5) is 17.3 Å². The van der Waals surface area contributed by atoms with Crippen LogP contribution in [0.1, 0.15) is 48.4 Å². The Hall–Kier alpha value is -2.01. The van der Waals surface area contributed by atoms with Crippen molar-refractivity contribution in [1.82, 2.24) is 9.78 Å². The van der Waals surface area contributed by atoms with Gasteiger partial charge < -0.3 is 14.9 Å². The monoisotopic (exact) mass is 370 g/mol. The molecule has 5 nitrogen and oxygen atoms in total. The van der Waals surface area contributed by atoms with Crippen LogP contribution in [0.15, 0.2) is 12.1 Å². The predicted octanol–water partition coefficient (Wildman–Crippen LogP) is 4.03. The maximum Gasteiger partial charge on any atom is 0.160 e. The van der Waals surface area contributed by atoms with Crippen molar-refractivity contribution in [3.63, 3.8) is 0 Å². The molecule has 0 bridgehead atoms. The Morgan fingerprint density at radius 3 is 2.48 bits per heavy atom. The van der Waals surface area contributed by atoms with Crippen LogP contribution in [0.5, 0.6) is 0 Å². The maximum atomic E-state index is 9.31. The summed E-state index contributed by atoms with van der Waals surface area (Å²) in [6.07, 6.45) is 4.09. The Bertz CT molecular complexity index is 773. The van der Waals surface area contributed by atoms with Crippen LogP contribution in [0, 0.1) is 20.8 Å². The molecule has 1 aromatic heterocycles. The third-order valence-electron chi connectivity index (χ3n) is 5.44. The van der Waals surface area contributed by atoms with Gasteiger partial charge in [0.05, 0.1) is 0 Å². The molecule has 148 valence electrons. The van der Waals surface area contributed by atoms with Gasteiger partial charge in [-0.25, -0.2) is 0 Å². The third kappa shape index (κ3) is 3.84. The van der Waals surface area contributed by atoms with Gasteiger partial charge in [0, 0.05) is 44.5 Å². The van der Waals surface area contributed by atoms with Gasteiger partial charge in [-0.3, -0.25) is 4.68 Å². The summed E-state index contributed by atoms with van der Waals surface area (Å²) in [5, 5.41) is 14.3. The Morgan fingerprint density at radius 1 is 1.15 bits per heavy atom. The molecule has 1 N–H and O–H groups in total. The van der Waals surface area contributed by atoms with Crippen LogP contribution in [0.25, 0.3) is 0 Å². The van der Waals surface area contributed by atoms with E-state index in [9.17, 15) is 5.11 Å². The smallest absolute Gasteiger partial charge is 0.160 e. The first-order valence-electron chi connectivity index (χ1n) is 10.2. The topological polar surface area (TPSA) is 44.5 Å². The second kappa shape index (κ2) is 8.34. The first kappa shape index (κ1) is 19.7. The van der Waals surface area contributed by atoms with E-state index in [4.69, 9.17) is 5.10 Å². The lowest BCUT2D eigenvalue weighted by Crippen LogP contribution is -2.30. The van der Waals surface area contributed by atoms with Crippen molar-refractivity contribution < 1.29 is 5.11 Å². The molecule has 0 spiro atoms. The Kier molecular flexibility index (Phi) is 6.10. The number of fused-ring (bicyclic) bond motifs is 1.